The Balaban J connectivity index is 2.07. The van der Waals surface area contributed by atoms with Gasteiger partial charge >= 0.3 is 0 Å². The Labute approximate surface area is 95.1 Å². The van der Waals surface area contributed by atoms with E-state index in [2.05, 4.69) is 41.6 Å². The van der Waals surface area contributed by atoms with Crippen LogP contribution >= 0.6 is 0 Å². The maximum atomic E-state index is 4.31. The number of hydrogen-bond acceptors (Lipinski definition) is 2. The number of anilines is 1. The molecule has 3 rings (SSSR count). The first-order valence-corrected chi connectivity index (χ1v) is 5.77. The van der Waals surface area contributed by atoms with Crippen molar-refractivity contribution >= 4 is 5.69 Å². The van der Waals surface area contributed by atoms with E-state index < -0.39 is 0 Å². The summed E-state index contributed by atoms with van der Waals surface area (Å²) in [7, 11) is 0. The summed E-state index contributed by atoms with van der Waals surface area (Å²) in [5.41, 5.74) is 5.17. The molecule has 0 amide bonds. The van der Waals surface area contributed by atoms with Gasteiger partial charge in [-0.3, -0.25) is 4.68 Å². The fraction of sp³-hybridized carbons (Fsp3) is 0.308. The molecule has 0 spiro atoms. The number of aryl methyl sites for hydroxylation is 1. The van der Waals surface area contributed by atoms with E-state index in [0.29, 0.717) is 0 Å². The summed E-state index contributed by atoms with van der Waals surface area (Å²) in [5, 5.41) is 7.68. The molecule has 0 unspecified atom stereocenters. The van der Waals surface area contributed by atoms with E-state index in [4.69, 9.17) is 0 Å². The predicted molar refractivity (Wildman–Crippen MR) is 65.5 cm³/mol. The molecule has 1 aliphatic heterocycles. The van der Waals surface area contributed by atoms with Crippen molar-refractivity contribution in [2.45, 2.75) is 19.9 Å². The number of fused-ring (bicyclic) bond motifs is 1. The summed E-state index contributed by atoms with van der Waals surface area (Å²) in [6.45, 7) is 4.09. The van der Waals surface area contributed by atoms with Crippen LogP contribution in [0, 0.1) is 0 Å². The highest BCUT2D eigenvalue weighted by atomic mass is 15.3. The molecule has 3 heteroatoms. The van der Waals surface area contributed by atoms with E-state index >= 15 is 0 Å². The number of hydrogen-bond donors (Lipinski definition) is 1. The lowest BCUT2D eigenvalue weighted by atomic mass is 10.1. The van der Waals surface area contributed by atoms with Crippen molar-refractivity contribution in [3.8, 4) is 11.3 Å². The van der Waals surface area contributed by atoms with Crippen LogP contribution in [0.15, 0.2) is 30.5 Å². The molecule has 1 aliphatic rings. The van der Waals surface area contributed by atoms with Gasteiger partial charge in [-0.15, -0.1) is 0 Å². The van der Waals surface area contributed by atoms with Crippen molar-refractivity contribution in [3.63, 3.8) is 0 Å². The molecule has 1 N–H and O–H groups in total. The van der Waals surface area contributed by atoms with Gasteiger partial charge in [0.1, 0.15) is 0 Å². The van der Waals surface area contributed by atoms with Crippen LogP contribution in [0.25, 0.3) is 11.3 Å². The summed E-state index contributed by atoms with van der Waals surface area (Å²) in [4.78, 5) is 0. The van der Waals surface area contributed by atoms with Crippen LogP contribution in [0.2, 0.25) is 0 Å². The molecule has 0 bridgehead atoms. The molecule has 0 radical (unpaired) electrons. The van der Waals surface area contributed by atoms with E-state index in [9.17, 15) is 0 Å². The fourth-order valence-corrected chi connectivity index (χ4v) is 2.29. The fourth-order valence-electron chi connectivity index (χ4n) is 2.29. The topological polar surface area (TPSA) is 29.9 Å². The Bertz CT molecular complexity index is 514. The number of aromatic nitrogens is 2. The molecule has 82 valence electrons. The average Bonchev–Trinajstić information content (AvgIpc) is 2.96. The Hall–Kier alpha value is -1.77. The molecule has 2 aromatic rings. The van der Waals surface area contributed by atoms with Gasteiger partial charge < -0.3 is 5.32 Å². The number of nitrogens with one attached hydrogen (secondary N) is 1. The van der Waals surface area contributed by atoms with Gasteiger partial charge in [-0.05, 0) is 37.1 Å². The molecule has 1 aromatic heterocycles. The maximum absolute atomic E-state index is 4.31. The lowest BCUT2D eigenvalue weighted by Crippen LogP contribution is -1.98. The van der Waals surface area contributed by atoms with Crippen molar-refractivity contribution in [3.05, 3.63) is 36.0 Å². The van der Waals surface area contributed by atoms with Gasteiger partial charge in [-0.1, -0.05) is 6.07 Å². The largest absolute Gasteiger partial charge is 0.384 e. The van der Waals surface area contributed by atoms with Crippen LogP contribution in [0.5, 0.6) is 0 Å². The van der Waals surface area contributed by atoms with Gasteiger partial charge in [-0.25, -0.2) is 0 Å². The molecule has 0 saturated heterocycles. The number of nitrogens with zero attached hydrogens (tertiary/aromatic N) is 2. The lowest BCUT2D eigenvalue weighted by Gasteiger charge is -2.06. The van der Waals surface area contributed by atoms with Crippen LogP contribution in [0.3, 0.4) is 0 Å². The van der Waals surface area contributed by atoms with Gasteiger partial charge in [0, 0.05) is 30.5 Å². The van der Waals surface area contributed by atoms with Gasteiger partial charge in [0.2, 0.25) is 0 Å². The summed E-state index contributed by atoms with van der Waals surface area (Å²) in [6.07, 6.45) is 2.99. The monoisotopic (exact) mass is 213 g/mol. The molecular formula is C13H15N3. The second kappa shape index (κ2) is 3.67. The number of benzene rings is 1. The highest BCUT2D eigenvalue weighted by Crippen LogP contribution is 2.28. The Kier molecular flexibility index (Phi) is 2.17. The standard InChI is InChI=1S/C13H15N3/c1-2-16-13(6-8-15-16)11-3-4-12-10(9-11)5-7-14-12/h3-4,6,8-9,14H,2,5,7H2,1H3. The van der Waals surface area contributed by atoms with E-state index in [1.54, 1.807) is 0 Å². The minimum absolute atomic E-state index is 0.914. The first-order valence-electron chi connectivity index (χ1n) is 5.77. The Morgan fingerprint density at radius 1 is 1.38 bits per heavy atom. The third-order valence-electron chi connectivity index (χ3n) is 3.13. The molecule has 3 nitrogen and oxygen atoms in total. The molecule has 16 heavy (non-hydrogen) atoms. The summed E-state index contributed by atoms with van der Waals surface area (Å²) >= 11 is 0. The zero-order chi connectivity index (χ0) is 11.0. The maximum Gasteiger partial charge on any atom is 0.0682 e. The third kappa shape index (κ3) is 1.40. The number of rotatable bonds is 2. The Morgan fingerprint density at radius 2 is 2.31 bits per heavy atom. The highest BCUT2D eigenvalue weighted by Gasteiger charge is 2.12. The minimum Gasteiger partial charge on any atom is -0.384 e. The van der Waals surface area contributed by atoms with Crippen LogP contribution in [-0.2, 0) is 13.0 Å². The first kappa shape index (κ1) is 9.46. The quantitative estimate of drug-likeness (QED) is 0.830. The van der Waals surface area contributed by atoms with Crippen LogP contribution < -0.4 is 5.32 Å². The highest BCUT2D eigenvalue weighted by molar-refractivity contribution is 5.67. The molecular weight excluding hydrogens is 198 g/mol. The zero-order valence-electron chi connectivity index (χ0n) is 9.40. The van der Waals surface area contributed by atoms with Crippen molar-refractivity contribution in [2.75, 3.05) is 11.9 Å². The van der Waals surface area contributed by atoms with Crippen LogP contribution in [0.1, 0.15) is 12.5 Å². The predicted octanol–water partition coefficient (Wildman–Crippen LogP) is 2.54. The summed E-state index contributed by atoms with van der Waals surface area (Å²) in [6, 6.07) is 8.69. The zero-order valence-corrected chi connectivity index (χ0v) is 9.40. The lowest BCUT2D eigenvalue weighted by molar-refractivity contribution is 0.667. The van der Waals surface area contributed by atoms with E-state index in [1.807, 2.05) is 10.9 Å². The van der Waals surface area contributed by atoms with Crippen molar-refractivity contribution in [1.82, 2.24) is 9.78 Å². The summed E-state index contributed by atoms with van der Waals surface area (Å²) in [5.74, 6) is 0. The van der Waals surface area contributed by atoms with Crippen molar-refractivity contribution < 1.29 is 0 Å². The van der Waals surface area contributed by atoms with E-state index in [1.165, 1.54) is 22.5 Å². The molecule has 0 atom stereocenters. The summed E-state index contributed by atoms with van der Waals surface area (Å²) < 4.78 is 2.03. The molecule has 0 fully saturated rings. The SMILES string of the molecule is CCn1nccc1-c1ccc2c(c1)CCN2. The van der Waals surface area contributed by atoms with Crippen molar-refractivity contribution in [1.29, 1.82) is 0 Å². The van der Waals surface area contributed by atoms with E-state index in [0.717, 1.165) is 19.5 Å². The minimum atomic E-state index is 0.914. The van der Waals surface area contributed by atoms with Crippen molar-refractivity contribution in [2.24, 2.45) is 0 Å². The van der Waals surface area contributed by atoms with Gasteiger partial charge in [0.05, 0.1) is 5.69 Å². The first-order chi connectivity index (χ1) is 7.88. The van der Waals surface area contributed by atoms with Gasteiger partial charge in [0.15, 0.2) is 0 Å². The van der Waals surface area contributed by atoms with E-state index in [-0.39, 0.29) is 0 Å². The molecule has 2 heterocycles. The smallest absolute Gasteiger partial charge is 0.0682 e. The molecule has 0 aliphatic carbocycles. The van der Waals surface area contributed by atoms with Crippen LogP contribution in [-0.4, -0.2) is 16.3 Å². The van der Waals surface area contributed by atoms with Gasteiger partial charge in [-0.2, -0.15) is 5.10 Å². The Morgan fingerprint density at radius 3 is 3.19 bits per heavy atom. The molecule has 1 aromatic carbocycles. The second-order valence-electron chi connectivity index (χ2n) is 4.08. The van der Waals surface area contributed by atoms with Crippen LogP contribution in [0.4, 0.5) is 5.69 Å². The molecule has 0 saturated carbocycles. The second-order valence-corrected chi connectivity index (χ2v) is 4.08. The third-order valence-corrected chi connectivity index (χ3v) is 3.13. The van der Waals surface area contributed by atoms with Gasteiger partial charge in [0.25, 0.3) is 0 Å². The normalized spacial score (nSPS) is 13.6. The average molecular weight is 213 g/mol.